The molecule has 0 radical (unpaired) electrons. The van der Waals surface area contributed by atoms with E-state index < -0.39 is 0 Å². The number of nitrogens with zero attached hydrogens (tertiary/aromatic N) is 2. The molecule has 4 nitrogen and oxygen atoms in total. The first kappa shape index (κ1) is 11.7. The van der Waals surface area contributed by atoms with Crippen LogP contribution in [0.25, 0.3) is 16.9 Å². The summed E-state index contributed by atoms with van der Waals surface area (Å²) >= 11 is 0. The van der Waals surface area contributed by atoms with E-state index >= 15 is 0 Å². The number of nitrogen functional groups attached to an aromatic ring is 1. The lowest BCUT2D eigenvalue weighted by Gasteiger charge is -2.00. The highest BCUT2D eigenvalue weighted by Gasteiger charge is 2.11. The summed E-state index contributed by atoms with van der Waals surface area (Å²) in [5, 5.41) is 9.15. The lowest BCUT2D eigenvalue weighted by molar-refractivity contribution is 0.282. The Morgan fingerprint density at radius 3 is 2.63 bits per heavy atom. The molecular weight excluding hydrogens is 238 g/mol. The number of aliphatic hydroxyl groups is 1. The van der Waals surface area contributed by atoms with Gasteiger partial charge >= 0.3 is 0 Å². The average molecular weight is 253 g/mol. The minimum absolute atomic E-state index is 0.00310. The van der Waals surface area contributed by atoms with Crippen LogP contribution in [0.1, 0.15) is 11.1 Å². The quantitative estimate of drug-likeness (QED) is 0.737. The Hall–Kier alpha value is -2.33. The summed E-state index contributed by atoms with van der Waals surface area (Å²) in [5.41, 5.74) is 10.7. The Bertz CT molecular complexity index is 729. The Labute approximate surface area is 111 Å². The molecule has 0 atom stereocenters. The third-order valence-electron chi connectivity index (χ3n) is 3.24. The van der Waals surface area contributed by atoms with Crippen molar-refractivity contribution in [1.29, 1.82) is 0 Å². The summed E-state index contributed by atoms with van der Waals surface area (Å²) in [5.74, 6) is 0.614. The Morgan fingerprint density at radius 1 is 1.21 bits per heavy atom. The summed E-state index contributed by atoms with van der Waals surface area (Å²) in [6.07, 6.45) is 1.83. The molecule has 96 valence electrons. The SMILES string of the molecule is Cc1ccc(-c2nc3cc(CO)ccn3c2N)cc1. The maximum Gasteiger partial charge on any atom is 0.139 e. The van der Waals surface area contributed by atoms with E-state index in [0.29, 0.717) is 5.82 Å². The zero-order chi connectivity index (χ0) is 13.4. The van der Waals surface area contributed by atoms with Crippen LogP contribution in [0.5, 0.6) is 0 Å². The van der Waals surface area contributed by atoms with E-state index in [0.717, 1.165) is 22.5 Å². The topological polar surface area (TPSA) is 63.5 Å². The molecule has 19 heavy (non-hydrogen) atoms. The Morgan fingerprint density at radius 2 is 1.95 bits per heavy atom. The summed E-state index contributed by atoms with van der Waals surface area (Å²) in [6, 6.07) is 11.8. The highest BCUT2D eigenvalue weighted by molar-refractivity contribution is 5.75. The van der Waals surface area contributed by atoms with Gasteiger partial charge in [0.05, 0.1) is 6.61 Å². The second-order valence-corrected chi connectivity index (χ2v) is 4.63. The molecule has 0 unspecified atom stereocenters. The number of rotatable bonds is 2. The number of hydrogen-bond acceptors (Lipinski definition) is 3. The van der Waals surface area contributed by atoms with E-state index in [2.05, 4.69) is 4.98 Å². The first-order chi connectivity index (χ1) is 9.19. The fourth-order valence-electron chi connectivity index (χ4n) is 2.13. The molecule has 2 aromatic heterocycles. The third kappa shape index (κ3) is 1.96. The fourth-order valence-corrected chi connectivity index (χ4v) is 2.13. The molecule has 2 heterocycles. The molecule has 0 saturated heterocycles. The van der Waals surface area contributed by atoms with Crippen LogP contribution >= 0.6 is 0 Å². The van der Waals surface area contributed by atoms with Crippen LogP contribution in [-0.2, 0) is 6.61 Å². The molecule has 0 aliphatic heterocycles. The van der Waals surface area contributed by atoms with Gasteiger partial charge in [-0.25, -0.2) is 4.98 Å². The number of benzene rings is 1. The molecule has 1 aromatic carbocycles. The maximum absolute atomic E-state index is 9.15. The van der Waals surface area contributed by atoms with E-state index in [-0.39, 0.29) is 6.61 Å². The molecule has 3 aromatic rings. The number of aliphatic hydroxyl groups excluding tert-OH is 1. The van der Waals surface area contributed by atoms with Gasteiger partial charge in [-0.05, 0) is 24.6 Å². The van der Waals surface area contributed by atoms with Crippen molar-refractivity contribution in [3.05, 3.63) is 53.7 Å². The predicted octanol–water partition coefficient (Wildman–Crippen LogP) is 2.38. The molecule has 0 spiro atoms. The fraction of sp³-hybridized carbons (Fsp3) is 0.133. The largest absolute Gasteiger partial charge is 0.392 e. The molecule has 3 rings (SSSR count). The average Bonchev–Trinajstić information content (AvgIpc) is 2.76. The van der Waals surface area contributed by atoms with E-state index in [1.54, 1.807) is 0 Å². The van der Waals surface area contributed by atoms with Gasteiger partial charge in [0.2, 0.25) is 0 Å². The maximum atomic E-state index is 9.15. The van der Waals surface area contributed by atoms with Crippen molar-refractivity contribution in [2.24, 2.45) is 0 Å². The van der Waals surface area contributed by atoms with Gasteiger partial charge < -0.3 is 10.8 Å². The number of hydrogen-bond donors (Lipinski definition) is 2. The summed E-state index contributed by atoms with van der Waals surface area (Å²) in [7, 11) is 0. The zero-order valence-electron chi connectivity index (χ0n) is 10.7. The molecule has 4 heteroatoms. The van der Waals surface area contributed by atoms with Crippen molar-refractivity contribution in [2.75, 3.05) is 5.73 Å². The molecule has 3 N–H and O–H groups in total. The number of anilines is 1. The third-order valence-corrected chi connectivity index (χ3v) is 3.24. The second kappa shape index (κ2) is 4.40. The number of aromatic nitrogens is 2. The molecular formula is C15H15N3O. The first-order valence-electron chi connectivity index (χ1n) is 6.13. The van der Waals surface area contributed by atoms with Gasteiger partial charge in [0, 0.05) is 11.8 Å². The minimum atomic E-state index is 0.00310. The number of nitrogens with two attached hydrogens (primary N) is 1. The lowest BCUT2D eigenvalue weighted by Crippen LogP contribution is -1.94. The molecule has 0 aliphatic carbocycles. The van der Waals surface area contributed by atoms with Gasteiger partial charge in [-0.15, -0.1) is 0 Å². The van der Waals surface area contributed by atoms with Crippen molar-refractivity contribution in [3.63, 3.8) is 0 Å². The van der Waals surface area contributed by atoms with E-state index in [4.69, 9.17) is 10.8 Å². The van der Waals surface area contributed by atoms with Gasteiger partial charge in [0.15, 0.2) is 0 Å². The highest BCUT2D eigenvalue weighted by Crippen LogP contribution is 2.26. The van der Waals surface area contributed by atoms with Crippen molar-refractivity contribution >= 4 is 11.5 Å². The van der Waals surface area contributed by atoms with Crippen molar-refractivity contribution in [1.82, 2.24) is 9.38 Å². The van der Waals surface area contributed by atoms with Crippen LogP contribution in [0.2, 0.25) is 0 Å². The molecule has 0 amide bonds. The summed E-state index contributed by atoms with van der Waals surface area (Å²) in [6.45, 7) is 2.05. The number of pyridine rings is 1. The van der Waals surface area contributed by atoms with Crippen LogP contribution in [0.15, 0.2) is 42.6 Å². The number of aryl methyl sites for hydroxylation is 1. The Kier molecular flexibility index (Phi) is 2.72. The first-order valence-corrected chi connectivity index (χ1v) is 6.13. The number of fused-ring (bicyclic) bond motifs is 1. The monoisotopic (exact) mass is 253 g/mol. The molecule has 0 saturated carbocycles. The van der Waals surface area contributed by atoms with Crippen LogP contribution < -0.4 is 5.73 Å². The van der Waals surface area contributed by atoms with Gasteiger partial charge in [-0.2, -0.15) is 0 Å². The normalized spacial score (nSPS) is 11.1. The van der Waals surface area contributed by atoms with Gasteiger partial charge in [0.25, 0.3) is 0 Å². The van der Waals surface area contributed by atoms with E-state index in [9.17, 15) is 0 Å². The van der Waals surface area contributed by atoms with Crippen LogP contribution in [0, 0.1) is 6.92 Å². The van der Waals surface area contributed by atoms with Gasteiger partial charge in [-0.3, -0.25) is 4.40 Å². The minimum Gasteiger partial charge on any atom is -0.392 e. The van der Waals surface area contributed by atoms with Crippen LogP contribution in [0.4, 0.5) is 5.82 Å². The molecule has 0 bridgehead atoms. The Balaban J connectivity index is 2.19. The molecule has 0 fully saturated rings. The van der Waals surface area contributed by atoms with Crippen molar-refractivity contribution < 1.29 is 5.11 Å². The number of imidazole rings is 1. The van der Waals surface area contributed by atoms with Crippen LogP contribution in [-0.4, -0.2) is 14.5 Å². The van der Waals surface area contributed by atoms with Gasteiger partial charge in [-0.1, -0.05) is 29.8 Å². The second-order valence-electron chi connectivity index (χ2n) is 4.63. The standard InChI is InChI=1S/C15H15N3O/c1-10-2-4-12(5-3-10)14-15(16)18-7-6-11(9-19)8-13(18)17-14/h2-8,19H,9,16H2,1H3. The predicted molar refractivity (Wildman–Crippen MR) is 75.7 cm³/mol. The van der Waals surface area contributed by atoms with Crippen LogP contribution in [0.3, 0.4) is 0 Å². The summed E-state index contributed by atoms with van der Waals surface area (Å²) < 4.78 is 1.83. The summed E-state index contributed by atoms with van der Waals surface area (Å²) in [4.78, 5) is 4.55. The van der Waals surface area contributed by atoms with Crippen molar-refractivity contribution in [2.45, 2.75) is 13.5 Å². The smallest absolute Gasteiger partial charge is 0.139 e. The van der Waals surface area contributed by atoms with E-state index in [1.807, 2.05) is 53.9 Å². The van der Waals surface area contributed by atoms with E-state index in [1.165, 1.54) is 5.56 Å². The zero-order valence-corrected chi connectivity index (χ0v) is 10.7. The molecule has 0 aliphatic rings. The van der Waals surface area contributed by atoms with Crippen molar-refractivity contribution in [3.8, 4) is 11.3 Å². The lowest BCUT2D eigenvalue weighted by atomic mass is 10.1. The highest BCUT2D eigenvalue weighted by atomic mass is 16.3. The van der Waals surface area contributed by atoms with Gasteiger partial charge in [0.1, 0.15) is 17.2 Å².